The summed E-state index contributed by atoms with van der Waals surface area (Å²) in [4.78, 5) is 0. The van der Waals surface area contributed by atoms with Gasteiger partial charge in [-0.05, 0) is 31.4 Å². The molecule has 0 fully saturated rings. The van der Waals surface area contributed by atoms with E-state index in [1.807, 2.05) is 32.1 Å². The van der Waals surface area contributed by atoms with Crippen LogP contribution in [0.15, 0.2) is 36.9 Å². The molecule has 0 amide bonds. The molecule has 1 aromatic carbocycles. The third-order valence-electron chi connectivity index (χ3n) is 2.08. The summed E-state index contributed by atoms with van der Waals surface area (Å²) >= 11 is 0. The molecule has 0 bridgehead atoms. The zero-order chi connectivity index (χ0) is 9.90. The van der Waals surface area contributed by atoms with E-state index in [2.05, 4.69) is 18.7 Å². The van der Waals surface area contributed by atoms with Gasteiger partial charge in [-0.25, -0.2) is 0 Å². The summed E-state index contributed by atoms with van der Waals surface area (Å²) in [6, 6.07) is 8.25. The van der Waals surface area contributed by atoms with Crippen molar-refractivity contribution in [3.05, 3.63) is 48.0 Å². The maximum atomic E-state index is 6.05. The highest BCUT2D eigenvalue weighted by molar-refractivity contribution is 14.0. The van der Waals surface area contributed by atoms with Gasteiger partial charge in [0.05, 0.1) is 0 Å². The molecule has 0 aliphatic heterocycles. The van der Waals surface area contributed by atoms with Gasteiger partial charge in [0.25, 0.3) is 0 Å². The smallest absolute Gasteiger partial charge is 0.0355 e. The molecule has 0 saturated heterocycles. The molecule has 0 aliphatic carbocycles. The Kier molecular flexibility index (Phi) is 5.37. The fourth-order valence-electron chi connectivity index (χ4n) is 1.48. The zero-order valence-corrected chi connectivity index (χ0v) is 11.1. The molecule has 0 radical (unpaired) electrons. The number of hydrogen-bond donors (Lipinski definition) is 1. The van der Waals surface area contributed by atoms with Gasteiger partial charge in [0.2, 0.25) is 0 Å². The van der Waals surface area contributed by atoms with Gasteiger partial charge in [-0.3, -0.25) is 0 Å². The number of rotatable bonds is 3. The first-order valence-electron chi connectivity index (χ1n) is 4.54. The van der Waals surface area contributed by atoms with Crippen molar-refractivity contribution in [3.8, 4) is 0 Å². The lowest BCUT2D eigenvalue weighted by Crippen LogP contribution is -2.29. The van der Waals surface area contributed by atoms with Crippen molar-refractivity contribution in [2.24, 2.45) is 5.73 Å². The summed E-state index contributed by atoms with van der Waals surface area (Å²) in [5.41, 5.74) is 8.26. The molecule has 0 heterocycles. The molecule has 1 nitrogen and oxygen atoms in total. The van der Waals surface area contributed by atoms with Crippen LogP contribution in [0.3, 0.4) is 0 Å². The molecule has 14 heavy (non-hydrogen) atoms. The summed E-state index contributed by atoms with van der Waals surface area (Å²) in [5, 5.41) is 0. The van der Waals surface area contributed by atoms with Gasteiger partial charge < -0.3 is 5.73 Å². The van der Waals surface area contributed by atoms with Crippen molar-refractivity contribution < 1.29 is 0 Å². The van der Waals surface area contributed by atoms with E-state index < -0.39 is 0 Å². The van der Waals surface area contributed by atoms with Crippen LogP contribution >= 0.6 is 24.0 Å². The molecule has 1 rings (SSSR count). The van der Waals surface area contributed by atoms with Crippen LogP contribution < -0.4 is 5.73 Å². The van der Waals surface area contributed by atoms with Crippen LogP contribution in [-0.4, -0.2) is 0 Å². The van der Waals surface area contributed by atoms with E-state index in [0.717, 1.165) is 6.42 Å². The predicted octanol–water partition coefficient (Wildman–Crippen LogP) is 3.23. The molecule has 0 unspecified atom stereocenters. The molecule has 0 aliphatic rings. The van der Waals surface area contributed by atoms with E-state index in [9.17, 15) is 0 Å². The van der Waals surface area contributed by atoms with Gasteiger partial charge in [0.15, 0.2) is 0 Å². The van der Waals surface area contributed by atoms with E-state index in [1.165, 1.54) is 11.1 Å². The van der Waals surface area contributed by atoms with Gasteiger partial charge >= 0.3 is 0 Å². The quantitative estimate of drug-likeness (QED) is 0.673. The summed E-state index contributed by atoms with van der Waals surface area (Å²) in [5.74, 6) is 0. The van der Waals surface area contributed by atoms with E-state index in [0.29, 0.717) is 0 Å². The number of allylic oxidation sites excluding steroid dienone is 1. The van der Waals surface area contributed by atoms with Crippen molar-refractivity contribution in [1.82, 2.24) is 0 Å². The van der Waals surface area contributed by atoms with Crippen molar-refractivity contribution in [2.75, 3.05) is 0 Å². The van der Waals surface area contributed by atoms with Crippen molar-refractivity contribution >= 4 is 24.0 Å². The lowest BCUT2D eigenvalue weighted by molar-refractivity contribution is 0.549. The predicted molar refractivity (Wildman–Crippen MR) is 73.0 cm³/mol. The number of hydrogen-bond acceptors (Lipinski definition) is 1. The highest BCUT2D eigenvalue weighted by atomic mass is 127. The average molecular weight is 303 g/mol. The van der Waals surface area contributed by atoms with Gasteiger partial charge in [-0.1, -0.05) is 30.3 Å². The van der Waals surface area contributed by atoms with E-state index in [-0.39, 0.29) is 29.5 Å². The molecule has 1 aromatic rings. The van der Waals surface area contributed by atoms with Crippen molar-refractivity contribution in [1.29, 1.82) is 0 Å². The van der Waals surface area contributed by atoms with Gasteiger partial charge in [-0.2, -0.15) is 0 Å². The Hall–Kier alpha value is -0.350. The Bertz CT molecular complexity index is 299. The third-order valence-corrected chi connectivity index (χ3v) is 2.08. The SMILES string of the molecule is C=CCc1ccccc1C(C)(C)N.I. The molecular formula is C12H18IN. The first-order chi connectivity index (χ1) is 6.05. The minimum absolute atomic E-state index is 0. The molecule has 0 spiro atoms. The highest BCUT2D eigenvalue weighted by Crippen LogP contribution is 2.21. The van der Waals surface area contributed by atoms with E-state index in [1.54, 1.807) is 0 Å². The Morgan fingerprint density at radius 3 is 2.43 bits per heavy atom. The second-order valence-electron chi connectivity index (χ2n) is 3.87. The maximum absolute atomic E-state index is 6.05. The van der Waals surface area contributed by atoms with Gasteiger partial charge in [-0.15, -0.1) is 30.6 Å². The lowest BCUT2D eigenvalue weighted by atomic mass is 9.90. The van der Waals surface area contributed by atoms with Crippen LogP contribution in [-0.2, 0) is 12.0 Å². The first kappa shape index (κ1) is 13.7. The van der Waals surface area contributed by atoms with Crippen LogP contribution in [0.4, 0.5) is 0 Å². The van der Waals surface area contributed by atoms with Gasteiger partial charge in [0, 0.05) is 5.54 Å². The average Bonchev–Trinajstić information content (AvgIpc) is 2.04. The Labute approximate surface area is 103 Å². The standard InChI is InChI=1S/C12H17N.HI/c1-4-7-10-8-5-6-9-11(10)12(2,3)13;/h4-6,8-9H,1,7,13H2,2-3H3;1H. The zero-order valence-electron chi connectivity index (χ0n) is 8.79. The number of benzene rings is 1. The van der Waals surface area contributed by atoms with Crippen LogP contribution in [0.5, 0.6) is 0 Å². The highest BCUT2D eigenvalue weighted by Gasteiger charge is 2.16. The van der Waals surface area contributed by atoms with Crippen LogP contribution in [0, 0.1) is 0 Å². The molecule has 0 atom stereocenters. The summed E-state index contributed by atoms with van der Waals surface area (Å²) in [6.07, 6.45) is 2.79. The summed E-state index contributed by atoms with van der Waals surface area (Å²) in [7, 11) is 0. The second-order valence-corrected chi connectivity index (χ2v) is 3.87. The van der Waals surface area contributed by atoms with E-state index in [4.69, 9.17) is 5.73 Å². The van der Waals surface area contributed by atoms with Crippen LogP contribution in [0.1, 0.15) is 25.0 Å². The Morgan fingerprint density at radius 1 is 1.36 bits per heavy atom. The second kappa shape index (κ2) is 5.51. The molecular weight excluding hydrogens is 285 g/mol. The van der Waals surface area contributed by atoms with Crippen LogP contribution in [0.2, 0.25) is 0 Å². The molecule has 2 N–H and O–H groups in total. The van der Waals surface area contributed by atoms with Crippen molar-refractivity contribution in [3.63, 3.8) is 0 Å². The minimum atomic E-state index is -0.264. The Balaban J connectivity index is 0.00000169. The topological polar surface area (TPSA) is 26.0 Å². The molecule has 0 aromatic heterocycles. The number of halogens is 1. The van der Waals surface area contributed by atoms with Gasteiger partial charge in [0.1, 0.15) is 0 Å². The maximum Gasteiger partial charge on any atom is 0.0355 e. The summed E-state index contributed by atoms with van der Waals surface area (Å²) in [6.45, 7) is 7.78. The minimum Gasteiger partial charge on any atom is -0.322 e. The van der Waals surface area contributed by atoms with Crippen molar-refractivity contribution in [2.45, 2.75) is 25.8 Å². The van der Waals surface area contributed by atoms with Crippen LogP contribution in [0.25, 0.3) is 0 Å². The fourth-order valence-corrected chi connectivity index (χ4v) is 1.48. The molecule has 2 heteroatoms. The molecule has 78 valence electrons. The molecule has 0 saturated carbocycles. The van der Waals surface area contributed by atoms with E-state index >= 15 is 0 Å². The normalized spacial score (nSPS) is 10.5. The monoisotopic (exact) mass is 303 g/mol. The lowest BCUT2D eigenvalue weighted by Gasteiger charge is -2.22. The fraction of sp³-hybridized carbons (Fsp3) is 0.333. The largest absolute Gasteiger partial charge is 0.322 e. The Morgan fingerprint density at radius 2 is 1.93 bits per heavy atom. The number of nitrogens with two attached hydrogens (primary N) is 1. The first-order valence-corrected chi connectivity index (χ1v) is 4.54. The third kappa shape index (κ3) is 3.42. The summed E-state index contributed by atoms with van der Waals surface area (Å²) < 4.78 is 0.